The van der Waals surface area contributed by atoms with E-state index in [-0.39, 0.29) is 17.7 Å². The average molecular weight is 221 g/mol. The molecule has 0 aliphatic heterocycles. The minimum atomic E-state index is -0.200. The van der Waals surface area contributed by atoms with Crippen LogP contribution >= 0.6 is 0 Å². The third-order valence-electron chi connectivity index (χ3n) is 2.03. The van der Waals surface area contributed by atoms with E-state index in [1.165, 1.54) is 6.20 Å². The maximum atomic E-state index is 11.4. The molecule has 0 aliphatic rings. The highest BCUT2D eigenvalue weighted by atomic mass is 16.2. The van der Waals surface area contributed by atoms with Gasteiger partial charge in [-0.3, -0.25) is 9.59 Å². The van der Waals surface area contributed by atoms with Crippen LogP contribution in [0.5, 0.6) is 0 Å². The highest BCUT2D eigenvalue weighted by molar-refractivity contribution is 5.94. The first kappa shape index (κ1) is 12.2. The Morgan fingerprint density at radius 1 is 1.31 bits per heavy atom. The molecule has 0 spiro atoms. The van der Waals surface area contributed by atoms with E-state index in [0.29, 0.717) is 11.4 Å². The quantitative estimate of drug-likeness (QED) is 0.801. The summed E-state index contributed by atoms with van der Waals surface area (Å²) >= 11 is 0. The van der Waals surface area contributed by atoms with Gasteiger partial charge >= 0.3 is 0 Å². The topological polar surface area (TPSA) is 71.1 Å². The van der Waals surface area contributed by atoms with Crippen LogP contribution in [0.15, 0.2) is 18.3 Å². The first-order valence-electron chi connectivity index (χ1n) is 5.03. The summed E-state index contributed by atoms with van der Waals surface area (Å²) < 4.78 is 0. The van der Waals surface area contributed by atoms with Crippen molar-refractivity contribution in [2.75, 3.05) is 12.4 Å². The summed E-state index contributed by atoms with van der Waals surface area (Å²) in [6.45, 7) is 3.60. The second-order valence-corrected chi connectivity index (χ2v) is 3.66. The third-order valence-corrected chi connectivity index (χ3v) is 2.03. The third kappa shape index (κ3) is 3.05. The molecule has 5 heteroatoms. The zero-order valence-corrected chi connectivity index (χ0v) is 9.57. The average Bonchev–Trinajstić information content (AvgIpc) is 2.28. The van der Waals surface area contributed by atoms with E-state index in [2.05, 4.69) is 15.6 Å². The first-order valence-corrected chi connectivity index (χ1v) is 5.03. The van der Waals surface area contributed by atoms with Crippen LogP contribution in [0.2, 0.25) is 0 Å². The minimum Gasteiger partial charge on any atom is -0.355 e. The van der Waals surface area contributed by atoms with Gasteiger partial charge in [0.2, 0.25) is 5.91 Å². The minimum absolute atomic E-state index is 0.0968. The molecule has 86 valence electrons. The fourth-order valence-corrected chi connectivity index (χ4v) is 1.02. The lowest BCUT2D eigenvalue weighted by Crippen LogP contribution is -2.20. The molecule has 0 radical (unpaired) electrons. The van der Waals surface area contributed by atoms with Crippen LogP contribution in [0.25, 0.3) is 0 Å². The lowest BCUT2D eigenvalue weighted by Gasteiger charge is -2.07. The lowest BCUT2D eigenvalue weighted by molar-refractivity contribution is -0.118. The number of carbonyl (C=O) groups is 2. The summed E-state index contributed by atoms with van der Waals surface area (Å²) in [5.74, 6) is 0.0567. The number of hydrogen-bond acceptors (Lipinski definition) is 3. The highest BCUT2D eigenvalue weighted by Crippen LogP contribution is 2.06. The Balaban J connectivity index is 2.72. The molecular weight excluding hydrogens is 206 g/mol. The molecule has 5 nitrogen and oxygen atoms in total. The second kappa shape index (κ2) is 5.25. The van der Waals surface area contributed by atoms with Crippen molar-refractivity contribution in [3.63, 3.8) is 0 Å². The van der Waals surface area contributed by atoms with E-state index in [1.807, 2.05) is 0 Å². The second-order valence-electron chi connectivity index (χ2n) is 3.66. The Hall–Kier alpha value is -1.91. The summed E-state index contributed by atoms with van der Waals surface area (Å²) in [5, 5.41) is 5.14. The van der Waals surface area contributed by atoms with Gasteiger partial charge in [-0.15, -0.1) is 0 Å². The molecule has 16 heavy (non-hydrogen) atoms. The van der Waals surface area contributed by atoms with E-state index in [1.54, 1.807) is 33.0 Å². The number of anilines is 1. The molecule has 0 atom stereocenters. The Kier molecular flexibility index (Phi) is 3.99. The zero-order chi connectivity index (χ0) is 12.1. The van der Waals surface area contributed by atoms with Gasteiger partial charge in [-0.2, -0.15) is 0 Å². The SMILES string of the molecule is CNC(=O)c1ccc(NC(=O)C(C)C)nc1. The molecule has 1 aromatic heterocycles. The van der Waals surface area contributed by atoms with E-state index < -0.39 is 0 Å². The molecule has 1 aromatic rings. The van der Waals surface area contributed by atoms with Crippen molar-refractivity contribution in [2.24, 2.45) is 5.92 Å². The Morgan fingerprint density at radius 2 is 2.00 bits per heavy atom. The van der Waals surface area contributed by atoms with E-state index in [9.17, 15) is 9.59 Å². The van der Waals surface area contributed by atoms with Crippen LogP contribution < -0.4 is 10.6 Å². The largest absolute Gasteiger partial charge is 0.355 e. The number of hydrogen-bond donors (Lipinski definition) is 2. The fraction of sp³-hybridized carbons (Fsp3) is 0.364. The summed E-state index contributed by atoms with van der Waals surface area (Å²) in [4.78, 5) is 26.6. The van der Waals surface area contributed by atoms with Gasteiger partial charge in [0.25, 0.3) is 5.91 Å². The van der Waals surface area contributed by atoms with Crippen molar-refractivity contribution >= 4 is 17.6 Å². The van der Waals surface area contributed by atoms with Gasteiger partial charge in [-0.1, -0.05) is 13.8 Å². The lowest BCUT2D eigenvalue weighted by atomic mass is 10.2. The molecule has 0 aromatic carbocycles. The number of pyridine rings is 1. The maximum Gasteiger partial charge on any atom is 0.252 e. The van der Waals surface area contributed by atoms with Crippen LogP contribution in [-0.4, -0.2) is 23.8 Å². The van der Waals surface area contributed by atoms with Crippen molar-refractivity contribution in [3.8, 4) is 0 Å². The Bertz CT molecular complexity index is 385. The van der Waals surface area contributed by atoms with Crippen LogP contribution in [0, 0.1) is 5.92 Å². The molecule has 0 saturated carbocycles. The van der Waals surface area contributed by atoms with E-state index in [4.69, 9.17) is 0 Å². The molecule has 2 amide bonds. The van der Waals surface area contributed by atoms with Gasteiger partial charge in [0.1, 0.15) is 5.82 Å². The predicted molar refractivity (Wildman–Crippen MR) is 61.1 cm³/mol. The summed E-state index contributed by atoms with van der Waals surface area (Å²) in [7, 11) is 1.55. The standard InChI is InChI=1S/C11H15N3O2/c1-7(2)10(15)14-9-5-4-8(6-13-9)11(16)12-3/h4-7H,1-3H3,(H,12,16)(H,13,14,15). The molecule has 0 bridgehead atoms. The van der Waals surface area contributed by atoms with E-state index >= 15 is 0 Å². The number of nitrogens with zero attached hydrogens (tertiary/aromatic N) is 1. The molecule has 0 fully saturated rings. The van der Waals surface area contributed by atoms with E-state index in [0.717, 1.165) is 0 Å². The highest BCUT2D eigenvalue weighted by Gasteiger charge is 2.08. The van der Waals surface area contributed by atoms with Gasteiger partial charge < -0.3 is 10.6 Å². The van der Waals surface area contributed by atoms with Crippen molar-refractivity contribution in [2.45, 2.75) is 13.8 Å². The number of aromatic nitrogens is 1. The Morgan fingerprint density at radius 3 is 2.44 bits per heavy atom. The zero-order valence-electron chi connectivity index (χ0n) is 9.57. The summed E-state index contributed by atoms with van der Waals surface area (Å²) in [6.07, 6.45) is 1.43. The number of amides is 2. The van der Waals surface area contributed by atoms with Crippen molar-refractivity contribution in [1.29, 1.82) is 0 Å². The van der Waals surface area contributed by atoms with Crippen molar-refractivity contribution < 1.29 is 9.59 Å². The molecule has 0 aliphatic carbocycles. The van der Waals surface area contributed by atoms with Gasteiger partial charge in [0.15, 0.2) is 0 Å². The van der Waals surface area contributed by atoms with Crippen LogP contribution in [-0.2, 0) is 4.79 Å². The molecule has 0 saturated heterocycles. The normalized spacial score (nSPS) is 10.0. The van der Waals surface area contributed by atoms with Gasteiger partial charge in [-0.25, -0.2) is 4.98 Å². The van der Waals surface area contributed by atoms with Crippen LogP contribution in [0.1, 0.15) is 24.2 Å². The summed E-state index contributed by atoms with van der Waals surface area (Å²) in [6, 6.07) is 3.21. The number of carbonyl (C=O) groups excluding carboxylic acids is 2. The van der Waals surface area contributed by atoms with Crippen LogP contribution in [0.3, 0.4) is 0 Å². The molecular formula is C11H15N3O2. The summed E-state index contributed by atoms with van der Waals surface area (Å²) in [5.41, 5.74) is 0.463. The van der Waals surface area contributed by atoms with Crippen molar-refractivity contribution in [3.05, 3.63) is 23.9 Å². The number of rotatable bonds is 3. The molecule has 1 heterocycles. The Labute approximate surface area is 94.3 Å². The molecule has 2 N–H and O–H groups in total. The van der Waals surface area contributed by atoms with Gasteiger partial charge in [-0.05, 0) is 12.1 Å². The fourth-order valence-electron chi connectivity index (χ4n) is 1.02. The maximum absolute atomic E-state index is 11.4. The molecule has 1 rings (SSSR count). The van der Waals surface area contributed by atoms with Crippen molar-refractivity contribution in [1.82, 2.24) is 10.3 Å². The monoisotopic (exact) mass is 221 g/mol. The molecule has 0 unspecified atom stereocenters. The number of nitrogens with one attached hydrogen (secondary N) is 2. The smallest absolute Gasteiger partial charge is 0.252 e. The first-order chi connectivity index (χ1) is 7.54. The van der Waals surface area contributed by atoms with Crippen LogP contribution in [0.4, 0.5) is 5.82 Å². The van der Waals surface area contributed by atoms with Gasteiger partial charge in [0, 0.05) is 19.2 Å². The van der Waals surface area contributed by atoms with Gasteiger partial charge in [0.05, 0.1) is 5.56 Å². The predicted octanol–water partition coefficient (Wildman–Crippen LogP) is 1.04.